The number of hydrogen-bond donors (Lipinski definition) is 1. The average Bonchev–Trinajstić information content (AvgIpc) is 2.83. The maximum absolute atomic E-state index is 12.8. The molecule has 2 aliphatic heterocycles. The highest BCUT2D eigenvalue weighted by molar-refractivity contribution is 7.98. The molecule has 0 fully saturated rings. The first kappa shape index (κ1) is 10.5. The molecule has 1 N–H and O–H groups in total. The van der Waals surface area contributed by atoms with Crippen molar-refractivity contribution in [2.75, 3.05) is 0 Å². The Morgan fingerprint density at radius 3 is 2.65 bits per heavy atom. The van der Waals surface area contributed by atoms with E-state index in [4.69, 9.17) is 4.84 Å². The molecule has 0 bridgehead atoms. The molecule has 0 saturated heterocycles. The van der Waals surface area contributed by atoms with Crippen LogP contribution in [0.2, 0.25) is 0 Å². The minimum Gasteiger partial charge on any atom is -0.264 e. The molecule has 0 aromatic heterocycles. The van der Waals surface area contributed by atoms with Gasteiger partial charge in [-0.2, -0.15) is 0 Å². The zero-order chi connectivity index (χ0) is 12.0. The fourth-order valence-electron chi connectivity index (χ4n) is 1.87. The van der Waals surface area contributed by atoms with Gasteiger partial charge in [0.15, 0.2) is 0 Å². The summed E-state index contributed by atoms with van der Waals surface area (Å²) in [6.07, 6.45) is 0.883. The van der Waals surface area contributed by atoms with E-state index in [1.54, 1.807) is 0 Å². The van der Waals surface area contributed by atoms with Crippen LogP contribution in [0.1, 0.15) is 5.56 Å². The smallest absolute Gasteiger partial charge is 0.200 e. The van der Waals surface area contributed by atoms with E-state index >= 15 is 0 Å². The molecule has 2 aliphatic rings. The van der Waals surface area contributed by atoms with Gasteiger partial charge in [0, 0.05) is 11.0 Å². The number of rotatable bonds is 1. The van der Waals surface area contributed by atoms with Crippen molar-refractivity contribution < 1.29 is 17.6 Å². The van der Waals surface area contributed by atoms with E-state index in [1.807, 2.05) is 0 Å². The van der Waals surface area contributed by atoms with Gasteiger partial charge in [-0.25, -0.2) is 12.8 Å². The molecule has 0 amide bonds. The molecule has 17 heavy (non-hydrogen) atoms. The molecule has 6 heteroatoms. The second kappa shape index (κ2) is 3.41. The maximum atomic E-state index is 12.8. The predicted octanol–water partition coefficient (Wildman–Crippen LogP) is 1.34. The second-order valence-corrected chi connectivity index (χ2v) is 5.56. The lowest BCUT2D eigenvalue weighted by Gasteiger charge is -2.04. The van der Waals surface area contributed by atoms with Gasteiger partial charge in [-0.05, 0) is 30.3 Å². The van der Waals surface area contributed by atoms with Crippen LogP contribution in [0.25, 0.3) is 5.70 Å². The van der Waals surface area contributed by atoms with Crippen molar-refractivity contribution in [1.82, 2.24) is 5.48 Å². The summed E-state index contributed by atoms with van der Waals surface area (Å²) in [5, 5.41) is 1.12. The van der Waals surface area contributed by atoms with Gasteiger partial charge in [0.05, 0.1) is 5.70 Å². The Morgan fingerprint density at radius 1 is 1.24 bits per heavy atom. The van der Waals surface area contributed by atoms with Gasteiger partial charge >= 0.3 is 0 Å². The van der Waals surface area contributed by atoms with Crippen molar-refractivity contribution in [1.29, 1.82) is 0 Å². The Balaban J connectivity index is 2.16. The number of fused-ring (bicyclic) bond motifs is 1. The molecular formula is C11H8FNO3S. The Labute approximate surface area is 97.3 Å². The van der Waals surface area contributed by atoms with Crippen molar-refractivity contribution in [3.8, 4) is 0 Å². The summed E-state index contributed by atoms with van der Waals surface area (Å²) in [7, 11) is -3.41. The lowest BCUT2D eigenvalue weighted by molar-refractivity contribution is 0.0777. The summed E-state index contributed by atoms with van der Waals surface area (Å²) in [6, 6.07) is 5.55. The molecule has 0 saturated carbocycles. The minimum absolute atomic E-state index is 0.184. The molecule has 1 atom stereocenters. The molecule has 2 heterocycles. The number of hydrogen-bond acceptors (Lipinski definition) is 4. The first-order valence-corrected chi connectivity index (χ1v) is 6.47. The number of hydroxylamine groups is 1. The summed E-state index contributed by atoms with van der Waals surface area (Å²) in [6.45, 7) is 0. The number of nitrogens with one attached hydrogen (secondary N) is 1. The van der Waals surface area contributed by atoms with Crippen LogP contribution in [0.5, 0.6) is 0 Å². The van der Waals surface area contributed by atoms with Crippen molar-refractivity contribution in [3.05, 3.63) is 52.0 Å². The van der Waals surface area contributed by atoms with Crippen molar-refractivity contribution in [3.63, 3.8) is 0 Å². The Kier molecular flexibility index (Phi) is 2.11. The van der Waals surface area contributed by atoms with Gasteiger partial charge in [0.25, 0.3) is 0 Å². The van der Waals surface area contributed by atoms with Gasteiger partial charge in [-0.3, -0.25) is 10.3 Å². The fourth-order valence-corrected chi connectivity index (χ4v) is 3.26. The van der Waals surface area contributed by atoms with Gasteiger partial charge in [0.1, 0.15) is 16.8 Å². The first-order chi connectivity index (χ1) is 8.08. The second-order valence-electron chi connectivity index (χ2n) is 3.76. The van der Waals surface area contributed by atoms with Crippen LogP contribution in [0, 0.1) is 5.82 Å². The Hall–Kier alpha value is -1.66. The van der Waals surface area contributed by atoms with Crippen LogP contribution in [0.3, 0.4) is 0 Å². The highest BCUT2D eigenvalue weighted by atomic mass is 32.2. The van der Waals surface area contributed by atoms with Crippen LogP contribution in [0.4, 0.5) is 4.39 Å². The summed E-state index contributed by atoms with van der Waals surface area (Å²) < 4.78 is 36.3. The molecule has 4 nitrogen and oxygen atoms in total. The quantitative estimate of drug-likeness (QED) is 0.820. The summed E-state index contributed by atoms with van der Waals surface area (Å²) in [5.41, 5.74) is 3.53. The zero-order valence-corrected chi connectivity index (χ0v) is 9.37. The highest BCUT2D eigenvalue weighted by Crippen LogP contribution is 2.35. The SMILES string of the molecule is O=S1(=O)C=C[C@@H]2ONC(c3ccc(F)cc3)=C21. The maximum Gasteiger partial charge on any atom is 0.200 e. The van der Waals surface area contributed by atoms with E-state index < -0.39 is 15.9 Å². The van der Waals surface area contributed by atoms with Crippen LogP contribution in [-0.4, -0.2) is 14.5 Å². The summed E-state index contributed by atoms with van der Waals surface area (Å²) in [5.74, 6) is -0.373. The lowest BCUT2D eigenvalue weighted by Crippen LogP contribution is -2.09. The van der Waals surface area contributed by atoms with Crippen LogP contribution in [-0.2, 0) is 14.7 Å². The molecule has 1 aromatic rings. The highest BCUT2D eigenvalue weighted by Gasteiger charge is 2.38. The van der Waals surface area contributed by atoms with Crippen LogP contribution >= 0.6 is 0 Å². The third-order valence-corrected chi connectivity index (χ3v) is 4.23. The Bertz CT molecular complexity index is 631. The van der Waals surface area contributed by atoms with E-state index in [1.165, 1.54) is 30.3 Å². The molecule has 0 unspecified atom stereocenters. The van der Waals surface area contributed by atoms with Crippen LogP contribution in [0.15, 0.2) is 40.7 Å². The molecule has 3 rings (SSSR count). The van der Waals surface area contributed by atoms with Gasteiger partial charge < -0.3 is 0 Å². The minimum atomic E-state index is -3.41. The molecule has 88 valence electrons. The van der Waals surface area contributed by atoms with Gasteiger partial charge in [-0.15, -0.1) is 0 Å². The van der Waals surface area contributed by atoms with E-state index in [9.17, 15) is 12.8 Å². The number of sulfone groups is 1. The van der Waals surface area contributed by atoms with Crippen molar-refractivity contribution in [2.45, 2.75) is 6.10 Å². The molecule has 0 spiro atoms. The van der Waals surface area contributed by atoms with Gasteiger partial charge in [-0.1, -0.05) is 0 Å². The molecule has 0 aliphatic carbocycles. The number of halogens is 1. The summed E-state index contributed by atoms with van der Waals surface area (Å²) >= 11 is 0. The van der Waals surface area contributed by atoms with Crippen molar-refractivity contribution in [2.24, 2.45) is 0 Å². The number of benzene rings is 1. The molecule has 0 radical (unpaired) electrons. The predicted molar refractivity (Wildman–Crippen MR) is 59.4 cm³/mol. The zero-order valence-electron chi connectivity index (χ0n) is 8.55. The Morgan fingerprint density at radius 2 is 1.94 bits per heavy atom. The van der Waals surface area contributed by atoms with Crippen molar-refractivity contribution >= 4 is 15.5 Å². The van der Waals surface area contributed by atoms with E-state index in [0.29, 0.717) is 11.3 Å². The molecule has 1 aromatic carbocycles. The fraction of sp³-hybridized carbons (Fsp3) is 0.0909. The molecular weight excluding hydrogens is 245 g/mol. The largest absolute Gasteiger partial charge is 0.264 e. The third kappa shape index (κ3) is 1.57. The standard InChI is InChI=1S/C11H8FNO3S/c12-8-3-1-7(2-4-8)10-11-9(16-13-10)5-6-17(11,14)15/h1-6,9,13H/t9-/m0/s1. The normalized spacial score (nSPS) is 24.9. The first-order valence-electron chi connectivity index (χ1n) is 4.93. The van der Waals surface area contributed by atoms with Crippen LogP contribution < -0.4 is 5.48 Å². The topological polar surface area (TPSA) is 55.4 Å². The van der Waals surface area contributed by atoms with E-state index in [0.717, 1.165) is 5.41 Å². The van der Waals surface area contributed by atoms with E-state index in [2.05, 4.69) is 5.48 Å². The lowest BCUT2D eigenvalue weighted by atomic mass is 10.1. The van der Waals surface area contributed by atoms with Gasteiger partial charge in [0.2, 0.25) is 9.84 Å². The average molecular weight is 253 g/mol. The monoisotopic (exact) mass is 253 g/mol. The third-order valence-electron chi connectivity index (χ3n) is 2.66. The van der Waals surface area contributed by atoms with E-state index in [-0.39, 0.29) is 10.7 Å². The summed E-state index contributed by atoms with van der Waals surface area (Å²) in [4.78, 5) is 5.31.